The van der Waals surface area contributed by atoms with Gasteiger partial charge in [-0.1, -0.05) is 11.6 Å². The second kappa shape index (κ2) is 5.87. The molecular weight excluding hydrogens is 226 g/mol. The number of likely N-dealkylation sites (N-methyl/N-ethyl adjacent to an activating group) is 1. The quantitative estimate of drug-likeness (QED) is 0.877. The van der Waals surface area contributed by atoms with Crippen LogP contribution in [0.1, 0.15) is 22.8 Å². The van der Waals surface area contributed by atoms with Crippen molar-refractivity contribution >= 4 is 17.5 Å². The number of rotatable bonds is 4. The van der Waals surface area contributed by atoms with Crippen molar-refractivity contribution in [2.24, 2.45) is 0 Å². The molecule has 1 rings (SSSR count). The smallest absolute Gasteiger partial charge is 0.254 e. The van der Waals surface area contributed by atoms with E-state index in [0.29, 0.717) is 23.7 Å². The highest BCUT2D eigenvalue weighted by Crippen LogP contribution is 2.16. The summed E-state index contributed by atoms with van der Waals surface area (Å²) in [5, 5.41) is 9.49. The molecule has 0 unspecified atom stereocenters. The monoisotopic (exact) mass is 241 g/mol. The number of aliphatic hydroxyl groups is 1. The molecule has 0 aliphatic heterocycles. The fourth-order valence-corrected chi connectivity index (χ4v) is 1.79. The van der Waals surface area contributed by atoms with Crippen LogP contribution in [0, 0.1) is 6.92 Å². The summed E-state index contributed by atoms with van der Waals surface area (Å²) in [5.74, 6) is -0.0642. The molecule has 0 aliphatic carbocycles. The number of hydrogen-bond donors (Lipinski definition) is 1. The molecule has 0 aromatic heterocycles. The van der Waals surface area contributed by atoms with E-state index in [2.05, 4.69) is 0 Å². The summed E-state index contributed by atoms with van der Waals surface area (Å²) in [5.41, 5.74) is 1.49. The molecule has 0 atom stereocenters. The van der Waals surface area contributed by atoms with Crippen LogP contribution in [0.2, 0.25) is 5.02 Å². The van der Waals surface area contributed by atoms with Crippen LogP contribution in [-0.2, 0) is 0 Å². The first-order valence-electron chi connectivity index (χ1n) is 5.26. The van der Waals surface area contributed by atoms with Gasteiger partial charge in [0.2, 0.25) is 0 Å². The van der Waals surface area contributed by atoms with E-state index in [9.17, 15) is 4.79 Å². The van der Waals surface area contributed by atoms with E-state index in [4.69, 9.17) is 16.7 Å². The van der Waals surface area contributed by atoms with Crippen LogP contribution < -0.4 is 0 Å². The molecule has 0 heterocycles. The third kappa shape index (κ3) is 2.97. The van der Waals surface area contributed by atoms with Crippen molar-refractivity contribution in [2.45, 2.75) is 13.8 Å². The van der Waals surface area contributed by atoms with E-state index >= 15 is 0 Å². The highest BCUT2D eigenvalue weighted by atomic mass is 35.5. The number of hydrogen-bond acceptors (Lipinski definition) is 2. The minimum absolute atomic E-state index is 0.0216. The molecular formula is C12H16ClNO2. The predicted molar refractivity (Wildman–Crippen MR) is 64.9 cm³/mol. The van der Waals surface area contributed by atoms with Gasteiger partial charge in [-0.05, 0) is 37.6 Å². The van der Waals surface area contributed by atoms with Crippen LogP contribution in [0.15, 0.2) is 18.2 Å². The Kier molecular flexibility index (Phi) is 4.77. The highest BCUT2D eigenvalue weighted by molar-refractivity contribution is 6.30. The first-order valence-corrected chi connectivity index (χ1v) is 5.64. The minimum atomic E-state index is -0.0642. The van der Waals surface area contributed by atoms with E-state index in [1.165, 1.54) is 0 Å². The van der Waals surface area contributed by atoms with Gasteiger partial charge >= 0.3 is 0 Å². The van der Waals surface area contributed by atoms with Crippen molar-refractivity contribution in [3.8, 4) is 0 Å². The lowest BCUT2D eigenvalue weighted by molar-refractivity contribution is 0.0731. The molecule has 0 saturated carbocycles. The van der Waals surface area contributed by atoms with Gasteiger partial charge in [-0.25, -0.2) is 0 Å². The van der Waals surface area contributed by atoms with Crippen molar-refractivity contribution < 1.29 is 9.90 Å². The van der Waals surface area contributed by atoms with Crippen molar-refractivity contribution in [1.82, 2.24) is 4.90 Å². The summed E-state index contributed by atoms with van der Waals surface area (Å²) in [4.78, 5) is 13.7. The summed E-state index contributed by atoms with van der Waals surface area (Å²) in [6.45, 7) is 4.66. The van der Waals surface area contributed by atoms with Gasteiger partial charge < -0.3 is 10.0 Å². The Bertz CT molecular complexity index is 379. The molecule has 1 aromatic carbocycles. The zero-order valence-electron chi connectivity index (χ0n) is 9.53. The van der Waals surface area contributed by atoms with Gasteiger partial charge in [0.15, 0.2) is 0 Å². The second-order valence-electron chi connectivity index (χ2n) is 3.57. The molecule has 16 heavy (non-hydrogen) atoms. The molecule has 1 aromatic rings. The molecule has 88 valence electrons. The summed E-state index contributed by atoms with van der Waals surface area (Å²) in [6.07, 6.45) is 0. The van der Waals surface area contributed by atoms with Gasteiger partial charge in [-0.15, -0.1) is 0 Å². The number of nitrogens with zero attached hydrogens (tertiary/aromatic N) is 1. The lowest BCUT2D eigenvalue weighted by Crippen LogP contribution is -2.33. The fourth-order valence-electron chi connectivity index (χ4n) is 1.56. The third-order valence-corrected chi connectivity index (χ3v) is 2.69. The second-order valence-corrected chi connectivity index (χ2v) is 4.00. The van der Waals surface area contributed by atoms with E-state index < -0.39 is 0 Å². The lowest BCUT2D eigenvalue weighted by Gasteiger charge is -2.20. The predicted octanol–water partition coefficient (Wildman–Crippen LogP) is 2.10. The van der Waals surface area contributed by atoms with E-state index in [1.807, 2.05) is 13.8 Å². The summed E-state index contributed by atoms with van der Waals surface area (Å²) < 4.78 is 0. The van der Waals surface area contributed by atoms with Crippen LogP contribution in [0.5, 0.6) is 0 Å². The zero-order chi connectivity index (χ0) is 12.1. The van der Waals surface area contributed by atoms with Crippen molar-refractivity contribution in [1.29, 1.82) is 0 Å². The number of carbonyl (C=O) groups is 1. The average Bonchev–Trinajstić information content (AvgIpc) is 2.25. The van der Waals surface area contributed by atoms with Gasteiger partial charge in [0.05, 0.1) is 6.61 Å². The summed E-state index contributed by atoms with van der Waals surface area (Å²) >= 11 is 5.83. The molecule has 3 nitrogen and oxygen atoms in total. The zero-order valence-corrected chi connectivity index (χ0v) is 10.3. The van der Waals surface area contributed by atoms with Gasteiger partial charge in [-0.2, -0.15) is 0 Å². The van der Waals surface area contributed by atoms with Crippen molar-refractivity contribution in [3.63, 3.8) is 0 Å². The van der Waals surface area contributed by atoms with Crippen molar-refractivity contribution in [2.75, 3.05) is 19.7 Å². The maximum Gasteiger partial charge on any atom is 0.254 e. The Morgan fingerprint density at radius 3 is 2.69 bits per heavy atom. The average molecular weight is 242 g/mol. The standard InChI is InChI=1S/C12H16ClNO2/c1-3-14(6-7-15)12(16)11-5-4-10(13)8-9(11)2/h4-5,8,15H,3,6-7H2,1-2H3. The number of aliphatic hydroxyl groups excluding tert-OH is 1. The molecule has 1 N–H and O–H groups in total. The summed E-state index contributed by atoms with van der Waals surface area (Å²) in [7, 11) is 0. The van der Waals surface area contributed by atoms with E-state index in [-0.39, 0.29) is 12.5 Å². The number of benzene rings is 1. The fraction of sp³-hybridized carbons (Fsp3) is 0.417. The Balaban J connectivity index is 2.94. The van der Waals surface area contributed by atoms with Crippen molar-refractivity contribution in [3.05, 3.63) is 34.3 Å². The van der Waals surface area contributed by atoms with Gasteiger partial charge in [0.25, 0.3) is 5.91 Å². The molecule has 0 aliphatic rings. The number of carbonyl (C=O) groups excluding carboxylic acids is 1. The maximum absolute atomic E-state index is 12.1. The SMILES string of the molecule is CCN(CCO)C(=O)c1ccc(Cl)cc1C. The Morgan fingerprint density at radius 1 is 1.50 bits per heavy atom. The Hall–Kier alpha value is -1.06. The molecule has 0 bridgehead atoms. The van der Waals surface area contributed by atoms with E-state index in [0.717, 1.165) is 5.56 Å². The molecule has 0 saturated heterocycles. The van der Waals surface area contributed by atoms with Gasteiger partial charge in [0.1, 0.15) is 0 Å². The normalized spacial score (nSPS) is 10.2. The largest absolute Gasteiger partial charge is 0.395 e. The van der Waals surface area contributed by atoms with Crippen LogP contribution in [0.4, 0.5) is 0 Å². The Labute approximate surface area is 101 Å². The van der Waals surface area contributed by atoms with Gasteiger partial charge in [0, 0.05) is 23.7 Å². The van der Waals surface area contributed by atoms with Crippen LogP contribution >= 0.6 is 11.6 Å². The van der Waals surface area contributed by atoms with Crippen LogP contribution in [0.3, 0.4) is 0 Å². The summed E-state index contributed by atoms with van der Waals surface area (Å²) in [6, 6.07) is 5.19. The molecule has 0 fully saturated rings. The first-order chi connectivity index (χ1) is 7.60. The number of aryl methyl sites for hydroxylation is 1. The molecule has 1 amide bonds. The first kappa shape index (κ1) is 13.0. The highest BCUT2D eigenvalue weighted by Gasteiger charge is 2.15. The molecule has 4 heteroatoms. The molecule has 0 spiro atoms. The maximum atomic E-state index is 12.1. The number of amides is 1. The number of halogens is 1. The topological polar surface area (TPSA) is 40.5 Å². The van der Waals surface area contributed by atoms with E-state index in [1.54, 1.807) is 23.1 Å². The van der Waals surface area contributed by atoms with Gasteiger partial charge in [-0.3, -0.25) is 4.79 Å². The lowest BCUT2D eigenvalue weighted by atomic mass is 10.1. The Morgan fingerprint density at radius 2 is 2.19 bits per heavy atom. The third-order valence-electron chi connectivity index (χ3n) is 2.46. The van der Waals surface area contributed by atoms with Crippen LogP contribution in [0.25, 0.3) is 0 Å². The van der Waals surface area contributed by atoms with Crippen LogP contribution in [-0.4, -0.2) is 35.6 Å². The molecule has 0 radical (unpaired) electrons. The minimum Gasteiger partial charge on any atom is -0.395 e.